The number of aromatic nitrogens is 2. The van der Waals surface area contributed by atoms with Crippen molar-refractivity contribution in [2.45, 2.75) is 83.5 Å². The van der Waals surface area contributed by atoms with E-state index in [1.54, 1.807) is 60.7 Å². The van der Waals surface area contributed by atoms with Gasteiger partial charge in [0.25, 0.3) is 5.91 Å². The fraction of sp³-hybridized carbons (Fsp3) is 0.271. The maximum Gasteiger partial charge on any atom is 0.586 e. The van der Waals surface area contributed by atoms with Crippen LogP contribution in [0.5, 0.6) is 17.2 Å². The van der Waals surface area contributed by atoms with E-state index in [9.17, 15) is 33.1 Å². The van der Waals surface area contributed by atoms with E-state index in [4.69, 9.17) is 9.72 Å². The Morgan fingerprint density at radius 1 is 0.839 bits per heavy atom. The summed E-state index contributed by atoms with van der Waals surface area (Å²) in [6, 6.07) is 24.6. The lowest BCUT2D eigenvalue weighted by Crippen LogP contribution is -2.28. The molecule has 2 aromatic heterocycles. The molecule has 318 valence electrons. The van der Waals surface area contributed by atoms with Crippen molar-refractivity contribution in [2.75, 3.05) is 10.6 Å². The number of anilines is 2. The number of alkyl halides is 2. The number of nitrogens with one attached hydrogen (secondary N) is 3. The number of aromatic amines is 1. The first kappa shape index (κ1) is 41.6. The molecule has 0 saturated heterocycles. The van der Waals surface area contributed by atoms with Gasteiger partial charge in [-0.15, -0.1) is 8.78 Å². The molecule has 4 N–H and O–H groups in total. The van der Waals surface area contributed by atoms with Gasteiger partial charge in [-0.3, -0.25) is 14.4 Å². The average molecular weight is 843 g/mol. The predicted octanol–water partition coefficient (Wildman–Crippen LogP) is 9.71. The predicted molar refractivity (Wildman–Crippen MR) is 230 cm³/mol. The van der Waals surface area contributed by atoms with Gasteiger partial charge in [0.2, 0.25) is 11.3 Å². The number of carbonyl (C=O) groups is 3. The summed E-state index contributed by atoms with van der Waals surface area (Å²) in [5.41, 5.74) is 2.23. The third-order valence-corrected chi connectivity index (χ3v) is 11.1. The summed E-state index contributed by atoms with van der Waals surface area (Å²) in [4.78, 5) is 61.0. The SMILES string of the molecule is CC(C)(C)c1cc(C(C)(C)C)c(OCc2ccc(NC(=O)C3(c4ccc5c(c4)OC(F)(F)O5)CC3)nc2-c2cccc(C(=O)O)c2)cc1NC(=O)c1c[nH]c2ccccc2c1=O. The molecule has 2 aliphatic rings. The number of nitrogens with zero attached hydrogens (tertiary/aromatic N) is 1. The summed E-state index contributed by atoms with van der Waals surface area (Å²) in [7, 11) is 0. The molecule has 3 heterocycles. The van der Waals surface area contributed by atoms with Gasteiger partial charge in [-0.25, -0.2) is 9.78 Å². The Morgan fingerprint density at radius 3 is 2.27 bits per heavy atom. The molecule has 1 aliphatic heterocycles. The fourth-order valence-electron chi connectivity index (χ4n) is 7.67. The van der Waals surface area contributed by atoms with Crippen molar-refractivity contribution in [3.8, 4) is 28.5 Å². The Labute approximate surface area is 355 Å². The van der Waals surface area contributed by atoms with Crippen molar-refractivity contribution >= 4 is 40.2 Å². The van der Waals surface area contributed by atoms with E-state index < -0.39 is 45.8 Å². The Morgan fingerprint density at radius 2 is 1.56 bits per heavy atom. The largest absolute Gasteiger partial charge is 0.586 e. The van der Waals surface area contributed by atoms with Crippen LogP contribution in [-0.4, -0.2) is 39.2 Å². The summed E-state index contributed by atoms with van der Waals surface area (Å²) in [5.74, 6) is -1.79. The van der Waals surface area contributed by atoms with Crippen molar-refractivity contribution < 1.29 is 42.5 Å². The van der Waals surface area contributed by atoms with Crippen LogP contribution in [-0.2, 0) is 27.6 Å². The third kappa shape index (κ3) is 8.07. The van der Waals surface area contributed by atoms with Crippen molar-refractivity contribution in [2.24, 2.45) is 0 Å². The monoisotopic (exact) mass is 842 g/mol. The lowest BCUT2D eigenvalue weighted by Gasteiger charge is -2.30. The summed E-state index contributed by atoms with van der Waals surface area (Å²) in [5, 5.41) is 16.1. The molecule has 0 spiro atoms. The molecule has 4 aromatic carbocycles. The molecule has 2 amide bonds. The molecule has 0 radical (unpaired) electrons. The number of carboxylic acid groups (broad SMARTS) is 1. The van der Waals surface area contributed by atoms with Gasteiger partial charge < -0.3 is 34.9 Å². The number of carbonyl (C=O) groups excluding carboxylic acids is 2. The number of ether oxygens (including phenoxy) is 3. The lowest BCUT2D eigenvalue weighted by atomic mass is 9.79. The number of aromatic carboxylic acids is 1. The summed E-state index contributed by atoms with van der Waals surface area (Å²) >= 11 is 0. The number of hydrogen-bond acceptors (Lipinski definition) is 8. The maximum absolute atomic E-state index is 13.9. The zero-order chi connectivity index (χ0) is 44.4. The fourth-order valence-corrected chi connectivity index (χ4v) is 7.67. The second-order valence-corrected chi connectivity index (χ2v) is 17.7. The Bertz CT molecular complexity index is 2870. The number of rotatable bonds is 10. The number of carboxylic acids is 1. The normalized spacial score (nSPS) is 14.9. The number of fused-ring (bicyclic) bond motifs is 2. The molecule has 8 rings (SSSR count). The number of hydrogen-bond donors (Lipinski definition) is 4. The number of benzene rings is 4. The maximum atomic E-state index is 13.9. The van der Waals surface area contributed by atoms with Gasteiger partial charge in [0.15, 0.2) is 11.5 Å². The van der Waals surface area contributed by atoms with Crippen LogP contribution < -0.4 is 30.3 Å². The van der Waals surface area contributed by atoms with Gasteiger partial charge in [0.1, 0.15) is 23.7 Å². The van der Waals surface area contributed by atoms with Crippen LogP contribution in [0.2, 0.25) is 0 Å². The van der Waals surface area contributed by atoms with E-state index in [0.29, 0.717) is 57.6 Å². The van der Waals surface area contributed by atoms with Gasteiger partial charge in [0.05, 0.1) is 16.7 Å². The first-order valence-corrected chi connectivity index (χ1v) is 20.0. The zero-order valence-electron chi connectivity index (χ0n) is 34.9. The van der Waals surface area contributed by atoms with Gasteiger partial charge in [-0.05, 0) is 95.0 Å². The van der Waals surface area contributed by atoms with Crippen LogP contribution in [0.3, 0.4) is 0 Å². The van der Waals surface area contributed by atoms with E-state index in [2.05, 4.69) is 25.1 Å². The highest BCUT2D eigenvalue weighted by Crippen LogP contribution is 2.52. The molecule has 1 aliphatic carbocycles. The van der Waals surface area contributed by atoms with Crippen molar-refractivity contribution in [1.82, 2.24) is 9.97 Å². The zero-order valence-corrected chi connectivity index (χ0v) is 34.9. The first-order chi connectivity index (χ1) is 29.2. The number of para-hydroxylation sites is 1. The van der Waals surface area contributed by atoms with Crippen LogP contribution in [0.1, 0.15) is 97.4 Å². The Hall–Kier alpha value is -7.09. The molecule has 0 unspecified atom stereocenters. The quantitative estimate of drug-likeness (QED) is 0.105. The van der Waals surface area contributed by atoms with Crippen LogP contribution in [0.4, 0.5) is 20.3 Å². The van der Waals surface area contributed by atoms with E-state index in [-0.39, 0.29) is 35.1 Å². The van der Waals surface area contributed by atoms with E-state index in [0.717, 1.165) is 11.1 Å². The highest BCUT2D eigenvalue weighted by molar-refractivity contribution is 6.06. The molecule has 1 fully saturated rings. The highest BCUT2D eigenvalue weighted by Gasteiger charge is 2.53. The van der Waals surface area contributed by atoms with Crippen molar-refractivity contribution in [1.29, 1.82) is 0 Å². The number of amides is 2. The van der Waals surface area contributed by atoms with E-state index in [1.807, 2.05) is 47.6 Å². The van der Waals surface area contributed by atoms with Crippen molar-refractivity contribution in [3.05, 3.63) is 141 Å². The smallest absolute Gasteiger partial charge is 0.488 e. The molecule has 0 atom stereocenters. The molecular formula is C48H44F2N4O8. The number of halogens is 2. The highest BCUT2D eigenvalue weighted by atomic mass is 19.3. The van der Waals surface area contributed by atoms with Crippen LogP contribution in [0, 0.1) is 0 Å². The second kappa shape index (κ2) is 15.1. The molecule has 14 heteroatoms. The third-order valence-electron chi connectivity index (χ3n) is 11.1. The van der Waals surface area contributed by atoms with Gasteiger partial charge in [0, 0.05) is 40.0 Å². The summed E-state index contributed by atoms with van der Waals surface area (Å²) < 4.78 is 43.3. The summed E-state index contributed by atoms with van der Waals surface area (Å²) in [6.45, 7) is 12.1. The van der Waals surface area contributed by atoms with E-state index in [1.165, 1.54) is 30.5 Å². The lowest BCUT2D eigenvalue weighted by molar-refractivity contribution is -0.286. The average Bonchev–Trinajstić information content (AvgIpc) is 3.96. The van der Waals surface area contributed by atoms with Gasteiger partial charge in [-0.2, -0.15) is 0 Å². The number of pyridine rings is 2. The minimum atomic E-state index is -3.80. The van der Waals surface area contributed by atoms with Gasteiger partial charge >= 0.3 is 12.3 Å². The minimum absolute atomic E-state index is 0.0225. The minimum Gasteiger partial charge on any atom is -0.488 e. The molecule has 1 saturated carbocycles. The Balaban J connectivity index is 1.13. The molecule has 12 nitrogen and oxygen atoms in total. The molecule has 6 aromatic rings. The van der Waals surface area contributed by atoms with Crippen LogP contribution in [0.15, 0.2) is 102 Å². The van der Waals surface area contributed by atoms with Gasteiger partial charge in [-0.1, -0.05) is 71.9 Å². The Kier molecular flexibility index (Phi) is 10.2. The summed E-state index contributed by atoms with van der Waals surface area (Å²) in [6.07, 6.45) is -1.48. The van der Waals surface area contributed by atoms with Crippen LogP contribution >= 0.6 is 0 Å². The molecular weight excluding hydrogens is 799 g/mol. The number of H-pyrrole nitrogens is 1. The molecule has 62 heavy (non-hydrogen) atoms. The molecule has 0 bridgehead atoms. The van der Waals surface area contributed by atoms with Crippen LogP contribution in [0.25, 0.3) is 22.2 Å². The second-order valence-electron chi connectivity index (χ2n) is 17.7. The van der Waals surface area contributed by atoms with E-state index >= 15 is 0 Å². The first-order valence-electron chi connectivity index (χ1n) is 20.0. The van der Waals surface area contributed by atoms with Crippen molar-refractivity contribution in [3.63, 3.8) is 0 Å². The topological polar surface area (TPSA) is 169 Å². The standard InChI is InChI=1S/C48H44F2N4O8/c1-45(2,3)32-22-33(46(4,5)6)37(23-35(32)52-42(56)31-24-51-34-13-8-7-12-30(34)41(31)55)60-25-28-14-17-39(53-40(28)26-10-9-11-27(20-26)43(57)58)54-44(59)47(18-19-47)29-15-16-36-38(21-29)62-48(49,50)61-36/h7-17,20-24H,18-19,25H2,1-6H3,(H,51,55)(H,52,56)(H,57,58)(H,53,54,59).